The summed E-state index contributed by atoms with van der Waals surface area (Å²) < 4.78 is 6.32. The minimum Gasteiger partial charge on any atom is -0.456 e. The van der Waals surface area contributed by atoms with Crippen molar-refractivity contribution in [3.8, 4) is 67.0 Å². The molecule has 0 aliphatic carbocycles. The summed E-state index contributed by atoms with van der Waals surface area (Å²) in [7, 11) is 0. The van der Waals surface area contributed by atoms with Crippen LogP contribution in [0.4, 0.5) is 17.1 Å². The molecule has 12 rings (SSSR count). The number of nitrogens with zero attached hydrogens (tertiary/aromatic N) is 1. The molecule has 0 saturated heterocycles. The summed E-state index contributed by atoms with van der Waals surface area (Å²) in [5, 5.41) is 5.92. The van der Waals surface area contributed by atoms with Gasteiger partial charge in [-0.15, -0.1) is 0 Å². The van der Waals surface area contributed by atoms with Gasteiger partial charge in [-0.2, -0.15) is 0 Å². The van der Waals surface area contributed by atoms with E-state index in [1.165, 1.54) is 60.7 Å². The van der Waals surface area contributed by atoms with Gasteiger partial charge in [-0.3, -0.25) is 0 Å². The van der Waals surface area contributed by atoms with Crippen LogP contribution in [0, 0.1) is 0 Å². The lowest BCUT2D eigenvalue weighted by Gasteiger charge is -2.28. The molecule has 0 bridgehead atoms. The van der Waals surface area contributed by atoms with Crippen molar-refractivity contribution in [1.29, 1.82) is 0 Å². The van der Waals surface area contributed by atoms with Gasteiger partial charge in [0.25, 0.3) is 0 Å². The SMILES string of the molecule is c1ccc(-c2ccccc2-c2ccccc2-c2ccc(N(c3ccc(-c4ccc5ccccc5c4)cc3)c3ccc(-c4cccc(-c5cc6ccccc6o5)c4)c4ccccc34)cc2)cc1. The number of hydrogen-bond donors (Lipinski definition) is 0. The van der Waals surface area contributed by atoms with Gasteiger partial charge in [-0.25, -0.2) is 0 Å². The van der Waals surface area contributed by atoms with Crippen molar-refractivity contribution in [2.45, 2.75) is 0 Å². The van der Waals surface area contributed by atoms with E-state index in [1.54, 1.807) is 0 Å². The predicted octanol–water partition coefficient (Wildman–Crippen LogP) is 18.2. The minimum absolute atomic E-state index is 0.865. The van der Waals surface area contributed by atoms with Gasteiger partial charge in [-0.1, -0.05) is 206 Å². The second-order valence-electron chi connectivity index (χ2n) is 16.9. The molecule has 66 heavy (non-hydrogen) atoms. The van der Waals surface area contributed by atoms with E-state index in [2.05, 4.69) is 254 Å². The average molecular weight is 842 g/mol. The first-order valence-electron chi connectivity index (χ1n) is 22.6. The van der Waals surface area contributed by atoms with Gasteiger partial charge < -0.3 is 9.32 Å². The van der Waals surface area contributed by atoms with Crippen LogP contribution in [0.25, 0.3) is 99.5 Å². The van der Waals surface area contributed by atoms with Crippen molar-refractivity contribution in [3.63, 3.8) is 0 Å². The van der Waals surface area contributed by atoms with Crippen molar-refractivity contribution >= 4 is 49.6 Å². The van der Waals surface area contributed by atoms with Gasteiger partial charge in [0.05, 0.1) is 5.69 Å². The first-order valence-corrected chi connectivity index (χ1v) is 22.6. The third kappa shape index (κ3) is 7.21. The topological polar surface area (TPSA) is 16.4 Å². The number of furan rings is 1. The van der Waals surface area contributed by atoms with Crippen LogP contribution < -0.4 is 4.90 Å². The fraction of sp³-hybridized carbons (Fsp3) is 0. The van der Waals surface area contributed by atoms with E-state index < -0.39 is 0 Å². The van der Waals surface area contributed by atoms with E-state index >= 15 is 0 Å². The fourth-order valence-electron chi connectivity index (χ4n) is 9.64. The number of benzene rings is 11. The average Bonchev–Trinajstić information content (AvgIpc) is 3.84. The Balaban J connectivity index is 0.969. The van der Waals surface area contributed by atoms with Gasteiger partial charge in [0.1, 0.15) is 11.3 Å². The standard InChI is InChI=1S/C64H43NO/c1-2-16-46(17-3-1)55-22-7-9-24-58(55)59-25-10-8-23-56(59)47-33-37-54(38-34-47)65(53-35-31-45(32-36-53)49-30-29-44-15-4-5-18-48(44)41-49)62-40-39-57(60-26-11-12-27-61(60)62)50-20-14-21-51(42-50)64-43-52-19-6-13-28-63(52)66-64/h1-43H. The van der Waals surface area contributed by atoms with E-state index in [0.29, 0.717) is 0 Å². The summed E-state index contributed by atoms with van der Waals surface area (Å²) in [6, 6.07) is 93.9. The molecule has 0 spiro atoms. The van der Waals surface area contributed by atoms with Crippen LogP contribution in [-0.2, 0) is 0 Å². The van der Waals surface area contributed by atoms with Gasteiger partial charge in [-0.05, 0) is 126 Å². The van der Waals surface area contributed by atoms with Crippen molar-refractivity contribution in [2.75, 3.05) is 4.90 Å². The Hall–Kier alpha value is -8.72. The monoisotopic (exact) mass is 841 g/mol. The molecule has 11 aromatic carbocycles. The zero-order valence-corrected chi connectivity index (χ0v) is 36.2. The van der Waals surface area contributed by atoms with Crippen molar-refractivity contribution in [2.24, 2.45) is 0 Å². The molecule has 0 fully saturated rings. The van der Waals surface area contributed by atoms with E-state index in [4.69, 9.17) is 4.42 Å². The van der Waals surface area contributed by atoms with E-state index in [-0.39, 0.29) is 0 Å². The van der Waals surface area contributed by atoms with Crippen LogP contribution in [-0.4, -0.2) is 0 Å². The molecule has 0 atom stereocenters. The molecule has 0 unspecified atom stereocenters. The first-order chi connectivity index (χ1) is 32.7. The summed E-state index contributed by atoms with van der Waals surface area (Å²) >= 11 is 0. The molecule has 0 amide bonds. The Morgan fingerprint density at radius 2 is 0.788 bits per heavy atom. The number of para-hydroxylation sites is 1. The molecule has 12 aromatic rings. The molecule has 1 heterocycles. The summed E-state index contributed by atoms with van der Waals surface area (Å²) in [6.45, 7) is 0. The third-order valence-electron chi connectivity index (χ3n) is 12.9. The van der Waals surface area contributed by atoms with Crippen LogP contribution in [0.3, 0.4) is 0 Å². The highest BCUT2D eigenvalue weighted by atomic mass is 16.3. The van der Waals surface area contributed by atoms with Crippen LogP contribution in [0.2, 0.25) is 0 Å². The molecule has 0 aliphatic heterocycles. The Labute approximate surface area is 384 Å². The Kier molecular flexibility index (Phi) is 9.89. The molecule has 0 saturated carbocycles. The molecule has 0 radical (unpaired) electrons. The largest absolute Gasteiger partial charge is 0.456 e. The highest BCUT2D eigenvalue weighted by Crippen LogP contribution is 2.45. The van der Waals surface area contributed by atoms with Crippen molar-refractivity contribution in [3.05, 3.63) is 261 Å². The van der Waals surface area contributed by atoms with Crippen LogP contribution in [0.15, 0.2) is 265 Å². The number of hydrogen-bond acceptors (Lipinski definition) is 2. The Morgan fingerprint density at radius 1 is 0.258 bits per heavy atom. The lowest BCUT2D eigenvalue weighted by atomic mass is 9.89. The van der Waals surface area contributed by atoms with Gasteiger partial charge in [0.15, 0.2) is 0 Å². The van der Waals surface area contributed by atoms with E-state index in [9.17, 15) is 0 Å². The Morgan fingerprint density at radius 3 is 1.50 bits per heavy atom. The maximum atomic E-state index is 6.32. The van der Waals surface area contributed by atoms with Crippen molar-refractivity contribution in [1.82, 2.24) is 0 Å². The highest BCUT2D eigenvalue weighted by molar-refractivity contribution is 6.07. The molecule has 310 valence electrons. The number of rotatable bonds is 9. The van der Waals surface area contributed by atoms with Crippen LogP contribution >= 0.6 is 0 Å². The van der Waals surface area contributed by atoms with Crippen LogP contribution in [0.5, 0.6) is 0 Å². The molecule has 2 heteroatoms. The summed E-state index contributed by atoms with van der Waals surface area (Å²) in [5.74, 6) is 0.865. The lowest BCUT2D eigenvalue weighted by Crippen LogP contribution is -2.10. The van der Waals surface area contributed by atoms with Crippen LogP contribution in [0.1, 0.15) is 0 Å². The summed E-state index contributed by atoms with van der Waals surface area (Å²) in [6.07, 6.45) is 0. The third-order valence-corrected chi connectivity index (χ3v) is 12.9. The first kappa shape index (κ1) is 38.9. The van der Waals surface area contributed by atoms with Gasteiger partial charge >= 0.3 is 0 Å². The normalized spacial score (nSPS) is 11.3. The molecule has 0 aliphatic rings. The zero-order valence-electron chi connectivity index (χ0n) is 36.2. The zero-order chi connectivity index (χ0) is 43.8. The summed E-state index contributed by atoms with van der Waals surface area (Å²) in [5.41, 5.74) is 17.1. The van der Waals surface area contributed by atoms with E-state index in [0.717, 1.165) is 55.9 Å². The quantitative estimate of drug-likeness (QED) is 0.144. The maximum Gasteiger partial charge on any atom is 0.135 e. The molecule has 0 N–H and O–H groups in total. The smallest absolute Gasteiger partial charge is 0.135 e. The van der Waals surface area contributed by atoms with Crippen molar-refractivity contribution < 1.29 is 4.42 Å². The fourth-order valence-corrected chi connectivity index (χ4v) is 9.64. The predicted molar refractivity (Wildman–Crippen MR) is 279 cm³/mol. The molecule has 2 nitrogen and oxygen atoms in total. The summed E-state index contributed by atoms with van der Waals surface area (Å²) in [4.78, 5) is 2.40. The Bertz CT molecular complexity index is 3660. The second kappa shape index (κ2) is 16.8. The highest BCUT2D eigenvalue weighted by Gasteiger charge is 2.20. The molecular weight excluding hydrogens is 799 g/mol. The molecular formula is C64H43NO. The lowest BCUT2D eigenvalue weighted by molar-refractivity contribution is 0.631. The second-order valence-corrected chi connectivity index (χ2v) is 16.9. The molecule has 1 aromatic heterocycles. The van der Waals surface area contributed by atoms with E-state index in [1.807, 2.05) is 12.1 Å². The number of fused-ring (bicyclic) bond motifs is 3. The van der Waals surface area contributed by atoms with Gasteiger partial charge in [0, 0.05) is 27.7 Å². The van der Waals surface area contributed by atoms with Gasteiger partial charge in [0.2, 0.25) is 0 Å². The number of anilines is 3. The minimum atomic E-state index is 0.865. The maximum absolute atomic E-state index is 6.32.